The lowest BCUT2D eigenvalue weighted by atomic mass is 9.99. The molecule has 0 aliphatic heterocycles. The van der Waals surface area contributed by atoms with Crippen LogP contribution in [0.4, 0.5) is 0 Å². The molecule has 0 rings (SSSR count). The molecule has 0 aliphatic rings. The second-order valence-corrected chi connectivity index (χ2v) is 32.4. The fourth-order valence-corrected chi connectivity index (χ4v) is 13.9. The Kier molecular flexibility index (Phi) is 70.3. The minimum atomic E-state index is -4.96. The van der Waals surface area contributed by atoms with Gasteiger partial charge in [0, 0.05) is 25.7 Å². The van der Waals surface area contributed by atoms with Crippen LogP contribution in [0.1, 0.15) is 420 Å². The number of hydrogen-bond donors (Lipinski definition) is 3. The van der Waals surface area contributed by atoms with Gasteiger partial charge >= 0.3 is 39.5 Å². The molecule has 0 aromatic rings. The number of unbranched alkanes of at least 4 members (excludes halogenated alkanes) is 48. The van der Waals surface area contributed by atoms with Crippen LogP contribution in [0.3, 0.4) is 0 Å². The number of aliphatic hydroxyl groups excluding tert-OH is 1. The zero-order valence-electron chi connectivity index (χ0n) is 64.8. The standard InChI is InChI=1S/C80H156O17P2/c1-7-10-12-14-16-17-18-19-24-28-35-40-46-52-58-64-79(84)96-75(68-90-77(82)62-56-50-42-15-13-11-8-2)70-94-98(86,87)92-66-74(81)67-93-99(88,89)95-71-76(69-91-78(83)63-57-51-45-39-34-31-30-32-37-43-48-54-60-72(4)5)97-80(85)65-59-53-47-41-36-29-26-23-21-20-22-25-27-33-38-44-49-55-61-73(6)9-3/h72-76,81H,7-71H2,1-6H3,(H,86,87)(H,88,89)/t73?,74-,75+,76+/m0/s1. The molecule has 6 atom stereocenters. The molecule has 0 saturated heterocycles. The maximum absolute atomic E-state index is 13.1. The summed E-state index contributed by atoms with van der Waals surface area (Å²) in [5.74, 6) is -0.461. The number of aliphatic hydroxyl groups is 1. The minimum Gasteiger partial charge on any atom is -0.462 e. The SMILES string of the molecule is CCCCCCCCCCCCCCCCCC(=O)O[C@H](COC(=O)CCCCCCCCC)COP(=O)(O)OC[C@H](O)COP(=O)(O)OC[C@@H](COC(=O)CCCCCCCCCCCCCCC(C)C)OC(=O)CCCCCCCCCCCCCCCCCCCCC(C)CC. The molecule has 0 aromatic carbocycles. The van der Waals surface area contributed by atoms with Gasteiger partial charge in [-0.05, 0) is 37.5 Å². The van der Waals surface area contributed by atoms with Gasteiger partial charge in [0.2, 0.25) is 0 Å². The fourth-order valence-electron chi connectivity index (χ4n) is 12.3. The molecule has 0 radical (unpaired) electrons. The van der Waals surface area contributed by atoms with Crippen molar-refractivity contribution in [2.24, 2.45) is 11.8 Å². The second kappa shape index (κ2) is 71.7. The van der Waals surface area contributed by atoms with Crippen LogP contribution in [0.5, 0.6) is 0 Å². The molecule has 0 fully saturated rings. The third-order valence-corrected chi connectivity index (χ3v) is 21.0. The van der Waals surface area contributed by atoms with Crippen molar-refractivity contribution in [1.29, 1.82) is 0 Å². The van der Waals surface area contributed by atoms with Crippen LogP contribution < -0.4 is 0 Å². The summed E-state index contributed by atoms with van der Waals surface area (Å²) in [6.07, 6.45) is 61.2. The molecule has 19 heteroatoms. The molecule has 0 spiro atoms. The first kappa shape index (κ1) is 97.1. The molecule has 0 aliphatic carbocycles. The van der Waals surface area contributed by atoms with Crippen LogP contribution in [0.25, 0.3) is 0 Å². The lowest BCUT2D eigenvalue weighted by molar-refractivity contribution is -0.161. The summed E-state index contributed by atoms with van der Waals surface area (Å²) < 4.78 is 68.6. The molecule has 0 bridgehead atoms. The largest absolute Gasteiger partial charge is 0.472 e. The number of phosphoric ester groups is 2. The number of esters is 4. The van der Waals surface area contributed by atoms with E-state index in [9.17, 15) is 43.2 Å². The van der Waals surface area contributed by atoms with E-state index in [0.29, 0.717) is 25.7 Å². The maximum atomic E-state index is 13.1. The Bertz CT molecular complexity index is 1910. The van der Waals surface area contributed by atoms with Gasteiger partial charge in [-0.25, -0.2) is 9.13 Å². The van der Waals surface area contributed by atoms with Crippen LogP contribution in [0, 0.1) is 11.8 Å². The van der Waals surface area contributed by atoms with E-state index < -0.39 is 97.5 Å². The maximum Gasteiger partial charge on any atom is 0.472 e. The number of hydrogen-bond acceptors (Lipinski definition) is 15. The summed E-state index contributed by atoms with van der Waals surface area (Å²) in [5, 5.41) is 10.6. The minimum absolute atomic E-state index is 0.108. The van der Waals surface area contributed by atoms with Gasteiger partial charge in [0.1, 0.15) is 19.3 Å². The zero-order valence-corrected chi connectivity index (χ0v) is 66.6. The first-order valence-corrected chi connectivity index (χ1v) is 44.5. The highest BCUT2D eigenvalue weighted by Gasteiger charge is 2.30. The smallest absolute Gasteiger partial charge is 0.462 e. The predicted molar refractivity (Wildman–Crippen MR) is 405 cm³/mol. The quantitative estimate of drug-likeness (QED) is 0.0222. The Morgan fingerprint density at radius 3 is 0.768 bits per heavy atom. The van der Waals surface area contributed by atoms with E-state index in [1.807, 2.05) is 0 Å². The molecule has 3 unspecified atom stereocenters. The molecular formula is C80H156O17P2. The molecule has 3 N–H and O–H groups in total. The highest BCUT2D eigenvalue weighted by molar-refractivity contribution is 7.47. The molecule has 17 nitrogen and oxygen atoms in total. The average molecular weight is 1450 g/mol. The van der Waals surface area contributed by atoms with E-state index in [1.54, 1.807) is 0 Å². The van der Waals surface area contributed by atoms with Crippen molar-refractivity contribution >= 4 is 39.5 Å². The molecular weight excluding hydrogens is 1290 g/mol. The lowest BCUT2D eigenvalue weighted by Gasteiger charge is -2.21. The number of carbonyl (C=O) groups excluding carboxylic acids is 4. The van der Waals surface area contributed by atoms with Gasteiger partial charge in [-0.2, -0.15) is 0 Å². The Morgan fingerprint density at radius 2 is 0.515 bits per heavy atom. The highest BCUT2D eigenvalue weighted by atomic mass is 31.2. The summed E-state index contributed by atoms with van der Waals surface area (Å²) in [5.41, 5.74) is 0. The summed E-state index contributed by atoms with van der Waals surface area (Å²) in [4.78, 5) is 72.8. The molecule has 0 aromatic heterocycles. The van der Waals surface area contributed by atoms with Crippen molar-refractivity contribution in [1.82, 2.24) is 0 Å². The van der Waals surface area contributed by atoms with Crippen molar-refractivity contribution < 1.29 is 80.2 Å². The van der Waals surface area contributed by atoms with Crippen LogP contribution in [0.2, 0.25) is 0 Å². The number of carbonyl (C=O) groups is 4. The van der Waals surface area contributed by atoms with Crippen molar-refractivity contribution in [3.05, 3.63) is 0 Å². The van der Waals surface area contributed by atoms with E-state index >= 15 is 0 Å². The van der Waals surface area contributed by atoms with Crippen LogP contribution in [0.15, 0.2) is 0 Å². The fraction of sp³-hybridized carbons (Fsp3) is 0.950. The van der Waals surface area contributed by atoms with Crippen molar-refractivity contribution in [3.63, 3.8) is 0 Å². The number of ether oxygens (including phenoxy) is 4. The molecule has 0 amide bonds. The average Bonchev–Trinajstić information content (AvgIpc) is 1.01. The number of rotatable bonds is 79. The Labute approximate surface area is 607 Å². The summed E-state index contributed by atoms with van der Waals surface area (Å²) in [6.45, 7) is 9.67. The van der Waals surface area contributed by atoms with E-state index in [2.05, 4.69) is 41.5 Å². The second-order valence-electron chi connectivity index (χ2n) is 29.5. The monoisotopic (exact) mass is 1450 g/mol. The third kappa shape index (κ3) is 72.8. The zero-order chi connectivity index (χ0) is 72.8. The Morgan fingerprint density at radius 1 is 0.293 bits per heavy atom. The summed E-state index contributed by atoms with van der Waals surface area (Å²) in [7, 11) is -9.91. The number of phosphoric acid groups is 2. The lowest BCUT2D eigenvalue weighted by Crippen LogP contribution is -2.30. The first-order chi connectivity index (χ1) is 47.9. The molecule has 0 heterocycles. The van der Waals surface area contributed by atoms with Crippen LogP contribution in [-0.2, 0) is 65.4 Å². The van der Waals surface area contributed by atoms with Crippen LogP contribution in [-0.4, -0.2) is 96.7 Å². The Balaban J connectivity index is 5.16. The van der Waals surface area contributed by atoms with Gasteiger partial charge in [-0.1, -0.05) is 369 Å². The Hall–Kier alpha value is -1.94. The van der Waals surface area contributed by atoms with Gasteiger partial charge in [-0.15, -0.1) is 0 Å². The van der Waals surface area contributed by atoms with Gasteiger partial charge in [-0.3, -0.25) is 37.3 Å². The van der Waals surface area contributed by atoms with E-state index in [0.717, 1.165) is 115 Å². The molecule has 99 heavy (non-hydrogen) atoms. The van der Waals surface area contributed by atoms with Crippen LogP contribution >= 0.6 is 15.6 Å². The van der Waals surface area contributed by atoms with Gasteiger partial charge < -0.3 is 33.8 Å². The summed E-state index contributed by atoms with van der Waals surface area (Å²) >= 11 is 0. The topological polar surface area (TPSA) is 237 Å². The van der Waals surface area contributed by atoms with Crippen molar-refractivity contribution in [2.75, 3.05) is 39.6 Å². The molecule has 588 valence electrons. The predicted octanol–water partition coefficient (Wildman–Crippen LogP) is 23.9. The third-order valence-electron chi connectivity index (χ3n) is 19.1. The van der Waals surface area contributed by atoms with Gasteiger partial charge in [0.05, 0.1) is 26.4 Å². The van der Waals surface area contributed by atoms with Gasteiger partial charge in [0.15, 0.2) is 12.2 Å². The van der Waals surface area contributed by atoms with Crippen molar-refractivity contribution in [2.45, 2.75) is 439 Å². The highest BCUT2D eigenvalue weighted by Crippen LogP contribution is 2.45. The van der Waals surface area contributed by atoms with E-state index in [4.69, 9.17) is 37.0 Å². The van der Waals surface area contributed by atoms with Gasteiger partial charge in [0.25, 0.3) is 0 Å². The molecule has 0 saturated carbocycles. The van der Waals surface area contributed by atoms with E-state index in [-0.39, 0.29) is 25.7 Å². The van der Waals surface area contributed by atoms with E-state index in [1.165, 1.54) is 225 Å². The van der Waals surface area contributed by atoms with Crippen molar-refractivity contribution in [3.8, 4) is 0 Å². The normalized spacial score (nSPS) is 14.2. The first-order valence-electron chi connectivity index (χ1n) is 41.5. The summed E-state index contributed by atoms with van der Waals surface area (Å²) in [6, 6.07) is 0.